The third-order valence-corrected chi connectivity index (χ3v) is 11.1. The SMILES string of the molecule is C=C[C@@H]1C[C@]1(NC(=O)[C@@H]1C[C@@](O)(c2ccc(-c3ccccn3)cc2)CN1C(=O)[C@@H](NC(=O)OC(C)(C)C)C(C)(C)C)C(=O)NS(=O)(=O)C1CC1. The van der Waals surface area contributed by atoms with Crippen LogP contribution in [-0.2, 0) is 34.7 Å². The molecule has 1 aliphatic heterocycles. The zero-order valence-corrected chi connectivity index (χ0v) is 30.2. The number of nitrogens with one attached hydrogen (secondary N) is 3. The summed E-state index contributed by atoms with van der Waals surface area (Å²) in [5, 5.41) is 16.9. The predicted molar refractivity (Wildman–Crippen MR) is 186 cm³/mol. The van der Waals surface area contributed by atoms with E-state index >= 15 is 0 Å². The highest BCUT2D eigenvalue weighted by Crippen LogP contribution is 2.46. The summed E-state index contributed by atoms with van der Waals surface area (Å²) in [5.41, 5.74) is -3.05. The average molecular weight is 710 g/mol. The number of nitrogens with zero attached hydrogens (tertiary/aromatic N) is 2. The molecule has 2 heterocycles. The number of rotatable bonds is 10. The summed E-state index contributed by atoms with van der Waals surface area (Å²) in [6, 6.07) is 10.0. The first-order valence-electron chi connectivity index (χ1n) is 16.7. The first-order chi connectivity index (χ1) is 23.2. The van der Waals surface area contributed by atoms with Crippen LogP contribution in [0.1, 0.15) is 72.8 Å². The van der Waals surface area contributed by atoms with E-state index in [1.54, 1.807) is 78.1 Å². The van der Waals surface area contributed by atoms with Gasteiger partial charge in [0.2, 0.25) is 21.8 Å². The van der Waals surface area contributed by atoms with Crippen LogP contribution in [0.2, 0.25) is 0 Å². The smallest absolute Gasteiger partial charge is 0.408 e. The lowest BCUT2D eigenvalue weighted by Crippen LogP contribution is -2.60. The molecule has 14 heteroatoms. The summed E-state index contributed by atoms with van der Waals surface area (Å²) >= 11 is 0. The number of amides is 4. The normalized spacial score (nSPS) is 25.6. The minimum atomic E-state index is -3.92. The number of carbonyl (C=O) groups excluding carboxylic acids is 4. The van der Waals surface area contributed by atoms with Crippen molar-refractivity contribution in [3.8, 4) is 11.3 Å². The van der Waals surface area contributed by atoms with Crippen molar-refractivity contribution in [3.63, 3.8) is 0 Å². The summed E-state index contributed by atoms with van der Waals surface area (Å²) in [6.07, 6.45) is 3.07. The Labute approximate surface area is 293 Å². The number of sulfonamides is 1. The molecule has 0 radical (unpaired) electrons. The fraction of sp³-hybridized carbons (Fsp3) is 0.528. The maximum absolute atomic E-state index is 14.5. The number of alkyl carbamates (subject to hydrolysis) is 1. The molecule has 1 aromatic carbocycles. The van der Waals surface area contributed by atoms with Crippen molar-refractivity contribution in [1.29, 1.82) is 0 Å². The number of benzene rings is 1. The quantitative estimate of drug-likeness (QED) is 0.269. The largest absolute Gasteiger partial charge is 0.444 e. The lowest BCUT2D eigenvalue weighted by Gasteiger charge is -2.36. The topological polar surface area (TPSA) is 184 Å². The lowest BCUT2D eigenvalue weighted by molar-refractivity contribution is -0.143. The monoisotopic (exact) mass is 709 g/mol. The van der Waals surface area contributed by atoms with E-state index in [0.29, 0.717) is 18.4 Å². The molecule has 4 amide bonds. The van der Waals surface area contributed by atoms with Crippen LogP contribution in [0.4, 0.5) is 4.79 Å². The molecule has 1 saturated heterocycles. The standard InChI is InChI=1S/C36H47N5O8S/c1-8-23-19-36(23,31(44)40-50(47,48)25-16-17-25)39-29(42)27-20-35(46,24-14-12-22(13-15-24)26-11-9-10-18-37-26)21-41(27)30(43)28(33(2,3)4)38-32(45)49-34(5,6)7/h8-15,18,23,25,27-28,46H,1,16-17,19-21H2,2-7H3,(H,38,45)(H,39,42)(H,40,44)/t23-,27+,28-,35+,36-/m1/s1. The highest BCUT2D eigenvalue weighted by Gasteiger charge is 2.62. The van der Waals surface area contributed by atoms with Gasteiger partial charge in [0.25, 0.3) is 5.91 Å². The van der Waals surface area contributed by atoms with Gasteiger partial charge in [-0.2, -0.15) is 0 Å². The Bertz CT molecular complexity index is 1770. The first kappa shape index (κ1) is 37.0. The van der Waals surface area contributed by atoms with Gasteiger partial charge in [0.05, 0.1) is 17.5 Å². The molecule has 2 saturated carbocycles. The third-order valence-electron chi connectivity index (χ3n) is 9.33. The van der Waals surface area contributed by atoms with E-state index < -0.39 is 79.2 Å². The lowest BCUT2D eigenvalue weighted by atomic mass is 9.85. The molecule has 0 spiro atoms. The Morgan fingerprint density at radius 2 is 1.70 bits per heavy atom. The van der Waals surface area contributed by atoms with Gasteiger partial charge in [0, 0.05) is 24.1 Å². The maximum Gasteiger partial charge on any atom is 0.408 e. The van der Waals surface area contributed by atoms with Crippen LogP contribution >= 0.6 is 0 Å². The van der Waals surface area contributed by atoms with Gasteiger partial charge in [-0.25, -0.2) is 13.2 Å². The van der Waals surface area contributed by atoms with Gasteiger partial charge < -0.3 is 25.4 Å². The number of pyridine rings is 1. The highest BCUT2D eigenvalue weighted by molar-refractivity contribution is 7.91. The number of hydrogen-bond acceptors (Lipinski definition) is 9. The number of ether oxygens (including phenoxy) is 1. The van der Waals surface area contributed by atoms with Crippen LogP contribution in [-0.4, -0.2) is 82.2 Å². The van der Waals surface area contributed by atoms with Crippen LogP contribution in [0.5, 0.6) is 0 Å². The number of β-amino-alcohol motifs (C(OH)–C–C–N with tert-alkyl or cyclic N) is 1. The number of hydrogen-bond donors (Lipinski definition) is 4. The average Bonchev–Trinajstić information content (AvgIpc) is 3.96. The Morgan fingerprint density at radius 1 is 1.04 bits per heavy atom. The molecule has 0 unspecified atom stereocenters. The molecule has 1 aromatic heterocycles. The van der Waals surface area contributed by atoms with E-state index in [1.165, 1.54) is 11.0 Å². The number of aromatic nitrogens is 1. The molecule has 270 valence electrons. The zero-order valence-electron chi connectivity index (χ0n) is 29.4. The molecule has 2 aromatic rings. The Hall–Kier alpha value is -4.30. The van der Waals surface area contributed by atoms with Gasteiger partial charge in [0.1, 0.15) is 28.8 Å². The molecule has 13 nitrogen and oxygen atoms in total. The fourth-order valence-corrected chi connectivity index (χ4v) is 7.67. The fourth-order valence-electron chi connectivity index (χ4n) is 6.31. The molecule has 5 rings (SSSR count). The molecular formula is C36H47N5O8S. The van der Waals surface area contributed by atoms with Crippen molar-refractivity contribution in [1.82, 2.24) is 25.2 Å². The van der Waals surface area contributed by atoms with Crippen molar-refractivity contribution >= 4 is 33.8 Å². The summed E-state index contributed by atoms with van der Waals surface area (Å²) in [7, 11) is -3.92. The van der Waals surface area contributed by atoms with Crippen molar-refractivity contribution < 1.29 is 37.4 Å². The van der Waals surface area contributed by atoms with E-state index in [2.05, 4.69) is 26.9 Å². The second kappa shape index (κ2) is 13.1. The highest BCUT2D eigenvalue weighted by atomic mass is 32.2. The van der Waals surface area contributed by atoms with Gasteiger partial charge >= 0.3 is 6.09 Å². The van der Waals surface area contributed by atoms with Gasteiger partial charge in [0.15, 0.2) is 0 Å². The van der Waals surface area contributed by atoms with E-state index in [1.807, 2.05) is 12.1 Å². The van der Waals surface area contributed by atoms with E-state index in [0.717, 1.165) is 11.3 Å². The molecule has 50 heavy (non-hydrogen) atoms. The van der Waals surface area contributed by atoms with Gasteiger partial charge in [-0.05, 0) is 63.1 Å². The minimum absolute atomic E-state index is 0.110. The van der Waals surface area contributed by atoms with E-state index in [9.17, 15) is 32.7 Å². The third kappa shape index (κ3) is 7.86. The van der Waals surface area contributed by atoms with Crippen LogP contribution in [0.15, 0.2) is 61.3 Å². The summed E-state index contributed by atoms with van der Waals surface area (Å²) < 4.78 is 32.9. The number of likely N-dealkylation sites (tertiary alicyclic amines) is 1. The van der Waals surface area contributed by atoms with Crippen molar-refractivity contribution in [3.05, 3.63) is 66.9 Å². The first-order valence-corrected chi connectivity index (χ1v) is 18.3. The van der Waals surface area contributed by atoms with Crippen LogP contribution < -0.4 is 15.4 Å². The summed E-state index contributed by atoms with van der Waals surface area (Å²) in [5.74, 6) is -2.83. The second-order valence-corrected chi connectivity index (χ2v) is 17.6. The summed E-state index contributed by atoms with van der Waals surface area (Å²) in [4.78, 5) is 60.6. The number of carbonyl (C=O) groups is 4. The van der Waals surface area contributed by atoms with E-state index in [4.69, 9.17) is 4.74 Å². The maximum atomic E-state index is 14.5. The zero-order chi connectivity index (χ0) is 36.9. The van der Waals surface area contributed by atoms with Crippen molar-refractivity contribution in [2.75, 3.05) is 6.54 Å². The predicted octanol–water partition coefficient (Wildman–Crippen LogP) is 3.15. The molecule has 0 bridgehead atoms. The van der Waals surface area contributed by atoms with Crippen LogP contribution in [0.25, 0.3) is 11.3 Å². The Morgan fingerprint density at radius 3 is 2.22 bits per heavy atom. The Balaban J connectivity index is 1.47. The molecule has 4 N–H and O–H groups in total. The summed E-state index contributed by atoms with van der Waals surface area (Å²) in [6.45, 7) is 13.8. The van der Waals surface area contributed by atoms with E-state index in [-0.39, 0.29) is 19.4 Å². The van der Waals surface area contributed by atoms with Gasteiger partial charge in [-0.1, -0.05) is 57.2 Å². The molecule has 3 aliphatic rings. The molecule has 2 aliphatic carbocycles. The molecule has 5 atom stereocenters. The van der Waals surface area contributed by atoms with Crippen LogP contribution in [0.3, 0.4) is 0 Å². The minimum Gasteiger partial charge on any atom is -0.444 e. The van der Waals surface area contributed by atoms with Crippen molar-refractivity contribution in [2.24, 2.45) is 11.3 Å². The van der Waals surface area contributed by atoms with Crippen molar-refractivity contribution in [2.45, 2.75) is 101 Å². The van der Waals surface area contributed by atoms with Crippen LogP contribution in [0, 0.1) is 11.3 Å². The molecular weight excluding hydrogens is 662 g/mol. The molecule has 3 fully saturated rings. The number of aliphatic hydroxyl groups is 1. The van der Waals surface area contributed by atoms with Gasteiger partial charge in [-0.3, -0.25) is 24.1 Å². The van der Waals surface area contributed by atoms with Gasteiger partial charge in [-0.15, -0.1) is 6.58 Å². The Kier molecular flexibility index (Phi) is 9.69. The second-order valence-electron chi connectivity index (χ2n) is 15.6.